The summed E-state index contributed by atoms with van der Waals surface area (Å²) in [5, 5.41) is 0. The second kappa shape index (κ2) is 5.78. The predicted molar refractivity (Wildman–Crippen MR) is 55.0 cm³/mol. The van der Waals surface area contributed by atoms with Crippen molar-refractivity contribution in [1.29, 1.82) is 0 Å². The molecule has 0 N–H and O–H groups in total. The normalized spacial score (nSPS) is 17.2. The SMILES string of the molecule is CCCCCC(=O)N1CCCC(=O)C1. The van der Waals surface area contributed by atoms with Gasteiger partial charge in [0.2, 0.25) is 5.91 Å². The summed E-state index contributed by atoms with van der Waals surface area (Å²) >= 11 is 0. The minimum absolute atomic E-state index is 0.159. The van der Waals surface area contributed by atoms with E-state index in [9.17, 15) is 9.59 Å². The Hall–Kier alpha value is -0.860. The van der Waals surface area contributed by atoms with Gasteiger partial charge in [0.1, 0.15) is 0 Å². The van der Waals surface area contributed by atoms with E-state index in [0.717, 1.165) is 32.2 Å². The van der Waals surface area contributed by atoms with Crippen LogP contribution in [0.4, 0.5) is 0 Å². The summed E-state index contributed by atoms with van der Waals surface area (Å²) in [7, 11) is 0. The molecule has 0 atom stereocenters. The van der Waals surface area contributed by atoms with Crippen LogP contribution in [0, 0.1) is 0 Å². The number of ketones is 1. The largest absolute Gasteiger partial charge is 0.335 e. The van der Waals surface area contributed by atoms with Crippen molar-refractivity contribution in [3.8, 4) is 0 Å². The Balaban J connectivity index is 2.25. The van der Waals surface area contributed by atoms with E-state index in [2.05, 4.69) is 6.92 Å². The first-order valence-electron chi connectivity index (χ1n) is 5.53. The summed E-state index contributed by atoms with van der Waals surface area (Å²) in [5.41, 5.74) is 0. The minimum atomic E-state index is 0.159. The van der Waals surface area contributed by atoms with Crippen molar-refractivity contribution in [2.75, 3.05) is 13.1 Å². The van der Waals surface area contributed by atoms with Crippen molar-refractivity contribution in [3.63, 3.8) is 0 Å². The highest BCUT2D eigenvalue weighted by Gasteiger charge is 2.20. The zero-order valence-corrected chi connectivity index (χ0v) is 8.92. The van der Waals surface area contributed by atoms with Crippen molar-refractivity contribution >= 4 is 11.7 Å². The molecule has 14 heavy (non-hydrogen) atoms. The fourth-order valence-electron chi connectivity index (χ4n) is 1.74. The van der Waals surface area contributed by atoms with Crippen molar-refractivity contribution in [2.24, 2.45) is 0 Å². The number of hydrogen-bond donors (Lipinski definition) is 0. The number of rotatable bonds is 4. The van der Waals surface area contributed by atoms with E-state index in [1.165, 1.54) is 0 Å². The van der Waals surface area contributed by atoms with Crippen molar-refractivity contribution in [2.45, 2.75) is 45.4 Å². The molecule has 1 amide bonds. The summed E-state index contributed by atoms with van der Waals surface area (Å²) < 4.78 is 0. The number of carbonyl (C=O) groups is 2. The molecule has 1 fully saturated rings. The fourth-order valence-corrected chi connectivity index (χ4v) is 1.74. The molecule has 0 unspecified atom stereocenters. The molecule has 0 bridgehead atoms. The van der Waals surface area contributed by atoms with Gasteiger partial charge in [0.15, 0.2) is 5.78 Å². The molecule has 1 aliphatic heterocycles. The lowest BCUT2D eigenvalue weighted by Crippen LogP contribution is -2.39. The Labute approximate surface area is 85.5 Å². The maximum atomic E-state index is 11.6. The topological polar surface area (TPSA) is 37.4 Å². The Morgan fingerprint density at radius 1 is 1.43 bits per heavy atom. The van der Waals surface area contributed by atoms with Crippen LogP contribution in [-0.2, 0) is 9.59 Å². The van der Waals surface area contributed by atoms with Gasteiger partial charge in [0.05, 0.1) is 6.54 Å². The monoisotopic (exact) mass is 197 g/mol. The fraction of sp³-hybridized carbons (Fsp3) is 0.818. The highest BCUT2D eigenvalue weighted by atomic mass is 16.2. The first-order valence-corrected chi connectivity index (χ1v) is 5.53. The van der Waals surface area contributed by atoms with E-state index < -0.39 is 0 Å². The second-order valence-corrected chi connectivity index (χ2v) is 3.91. The summed E-state index contributed by atoms with van der Waals surface area (Å²) in [6, 6.07) is 0. The third-order valence-corrected chi connectivity index (χ3v) is 2.60. The molecule has 0 aliphatic carbocycles. The Morgan fingerprint density at radius 3 is 2.86 bits per heavy atom. The van der Waals surface area contributed by atoms with Gasteiger partial charge >= 0.3 is 0 Å². The van der Waals surface area contributed by atoms with Gasteiger partial charge in [0.25, 0.3) is 0 Å². The first kappa shape index (κ1) is 11.2. The van der Waals surface area contributed by atoms with Gasteiger partial charge < -0.3 is 4.90 Å². The number of piperidine rings is 1. The lowest BCUT2D eigenvalue weighted by atomic mass is 10.1. The number of carbonyl (C=O) groups excluding carboxylic acids is 2. The molecule has 1 rings (SSSR count). The van der Waals surface area contributed by atoms with E-state index in [-0.39, 0.29) is 11.7 Å². The summed E-state index contributed by atoms with van der Waals surface area (Å²) in [6.07, 6.45) is 5.30. The van der Waals surface area contributed by atoms with Gasteiger partial charge in [-0.15, -0.1) is 0 Å². The molecular weight excluding hydrogens is 178 g/mol. The Morgan fingerprint density at radius 2 is 2.21 bits per heavy atom. The average Bonchev–Trinajstić information content (AvgIpc) is 2.18. The number of likely N-dealkylation sites (tertiary alicyclic amines) is 1. The number of nitrogens with zero attached hydrogens (tertiary/aromatic N) is 1. The standard InChI is InChI=1S/C11H19NO2/c1-2-3-4-7-11(14)12-8-5-6-10(13)9-12/h2-9H2,1H3. The molecule has 0 aromatic heterocycles. The number of unbranched alkanes of at least 4 members (excludes halogenated alkanes) is 2. The molecule has 0 spiro atoms. The average molecular weight is 197 g/mol. The third kappa shape index (κ3) is 3.48. The molecular formula is C11H19NO2. The maximum Gasteiger partial charge on any atom is 0.222 e. The first-order chi connectivity index (χ1) is 6.74. The van der Waals surface area contributed by atoms with Crippen LogP contribution in [0.5, 0.6) is 0 Å². The predicted octanol–water partition coefficient (Wildman–Crippen LogP) is 1.76. The van der Waals surface area contributed by atoms with E-state index in [1.807, 2.05) is 0 Å². The van der Waals surface area contributed by atoms with Crippen LogP contribution in [0.25, 0.3) is 0 Å². The lowest BCUT2D eigenvalue weighted by molar-refractivity contribution is -0.137. The smallest absolute Gasteiger partial charge is 0.222 e. The van der Waals surface area contributed by atoms with E-state index in [1.54, 1.807) is 4.90 Å². The van der Waals surface area contributed by atoms with E-state index >= 15 is 0 Å². The van der Waals surface area contributed by atoms with Crippen LogP contribution in [-0.4, -0.2) is 29.7 Å². The number of amides is 1. The van der Waals surface area contributed by atoms with Crippen LogP contribution in [0.15, 0.2) is 0 Å². The van der Waals surface area contributed by atoms with Gasteiger partial charge in [-0.25, -0.2) is 0 Å². The second-order valence-electron chi connectivity index (χ2n) is 3.91. The van der Waals surface area contributed by atoms with Gasteiger partial charge in [-0.1, -0.05) is 19.8 Å². The molecule has 0 aromatic carbocycles. The Kier molecular flexibility index (Phi) is 4.63. The van der Waals surface area contributed by atoms with Crippen molar-refractivity contribution < 1.29 is 9.59 Å². The van der Waals surface area contributed by atoms with Crippen LogP contribution in [0.3, 0.4) is 0 Å². The van der Waals surface area contributed by atoms with Crippen LogP contribution in [0.2, 0.25) is 0 Å². The number of hydrogen-bond acceptors (Lipinski definition) is 2. The zero-order chi connectivity index (χ0) is 10.4. The minimum Gasteiger partial charge on any atom is -0.335 e. The highest BCUT2D eigenvalue weighted by Crippen LogP contribution is 2.09. The third-order valence-electron chi connectivity index (χ3n) is 2.60. The lowest BCUT2D eigenvalue weighted by Gasteiger charge is -2.25. The van der Waals surface area contributed by atoms with Crippen molar-refractivity contribution in [1.82, 2.24) is 4.90 Å². The molecule has 3 nitrogen and oxygen atoms in total. The molecule has 1 heterocycles. The van der Waals surface area contributed by atoms with Gasteiger partial charge in [-0.05, 0) is 12.8 Å². The van der Waals surface area contributed by atoms with E-state index in [4.69, 9.17) is 0 Å². The summed E-state index contributed by atoms with van der Waals surface area (Å²) in [4.78, 5) is 24.4. The quantitative estimate of drug-likeness (QED) is 0.644. The molecule has 80 valence electrons. The molecule has 1 saturated heterocycles. The van der Waals surface area contributed by atoms with Gasteiger partial charge in [0, 0.05) is 19.4 Å². The van der Waals surface area contributed by atoms with E-state index in [0.29, 0.717) is 19.4 Å². The maximum absolute atomic E-state index is 11.6. The van der Waals surface area contributed by atoms with Crippen LogP contribution >= 0.6 is 0 Å². The molecule has 0 aromatic rings. The van der Waals surface area contributed by atoms with Crippen molar-refractivity contribution in [3.05, 3.63) is 0 Å². The summed E-state index contributed by atoms with van der Waals surface area (Å²) in [5.74, 6) is 0.367. The Bertz CT molecular complexity index is 213. The molecule has 3 heteroatoms. The molecule has 0 radical (unpaired) electrons. The van der Waals surface area contributed by atoms with Crippen LogP contribution < -0.4 is 0 Å². The summed E-state index contributed by atoms with van der Waals surface area (Å²) in [6.45, 7) is 3.25. The zero-order valence-electron chi connectivity index (χ0n) is 8.92. The van der Waals surface area contributed by atoms with Gasteiger partial charge in [-0.2, -0.15) is 0 Å². The van der Waals surface area contributed by atoms with Gasteiger partial charge in [-0.3, -0.25) is 9.59 Å². The molecule has 0 saturated carbocycles. The highest BCUT2D eigenvalue weighted by molar-refractivity contribution is 5.87. The van der Waals surface area contributed by atoms with Crippen LogP contribution in [0.1, 0.15) is 45.4 Å². The molecule has 1 aliphatic rings. The number of Topliss-reactive ketones (excluding diaryl/α,β-unsaturated/α-hetero) is 1.